The second kappa shape index (κ2) is 16.3. The van der Waals surface area contributed by atoms with Gasteiger partial charge in [-0.3, -0.25) is 0 Å². The van der Waals surface area contributed by atoms with Crippen LogP contribution in [0.3, 0.4) is 0 Å². The largest absolute Gasteiger partial charge is 0.429 e. The normalized spacial score (nSPS) is 10.7. The number of esters is 2. The van der Waals surface area contributed by atoms with E-state index in [9.17, 15) is 27.2 Å². The van der Waals surface area contributed by atoms with E-state index in [4.69, 9.17) is 18.9 Å². The van der Waals surface area contributed by atoms with Crippen LogP contribution in [0.5, 0.6) is 23.0 Å². The summed E-state index contributed by atoms with van der Waals surface area (Å²) in [5.74, 6) is -1.57. The number of carbonyl (C=O) groups is 2. The number of hydrogen-bond acceptors (Lipinski definition) is 6. The second-order valence-corrected chi connectivity index (χ2v) is 9.30. The van der Waals surface area contributed by atoms with Gasteiger partial charge in [-0.05, 0) is 97.4 Å². The molecule has 0 saturated heterocycles. The standard InChI is InChI=1S/C32H24F4O6.2C2H6/c1-19(2)29(37)39-25-13-7-23(8-14-25)31(33,34)41-27-11-5-22-18-28(12-6-21(22)17-27)42-32(35,36)24-9-15-26(16-10-24)40-30(38)20(3)4;2*1-2/h5-18H,1,3H2,2,4H3;2*1-2H3. The zero-order valence-electron chi connectivity index (χ0n) is 26.5. The highest BCUT2D eigenvalue weighted by Crippen LogP contribution is 2.36. The fourth-order valence-corrected chi connectivity index (χ4v) is 3.57. The summed E-state index contributed by atoms with van der Waals surface area (Å²) in [6.07, 6.45) is -7.46. The first kappa shape index (κ1) is 37.1. The molecule has 0 bridgehead atoms. The minimum Gasteiger partial charge on any atom is -0.429 e. The van der Waals surface area contributed by atoms with Crippen LogP contribution in [0.25, 0.3) is 10.8 Å². The van der Waals surface area contributed by atoms with Gasteiger partial charge >= 0.3 is 24.2 Å². The molecular formula is C36H36F4O6. The maximum atomic E-state index is 14.8. The molecule has 0 fully saturated rings. The highest BCUT2D eigenvalue weighted by atomic mass is 19.3. The van der Waals surface area contributed by atoms with Crippen LogP contribution < -0.4 is 18.9 Å². The van der Waals surface area contributed by atoms with Crippen LogP contribution >= 0.6 is 0 Å². The molecule has 0 atom stereocenters. The van der Waals surface area contributed by atoms with Gasteiger partial charge in [0.05, 0.1) is 11.1 Å². The van der Waals surface area contributed by atoms with Gasteiger partial charge < -0.3 is 18.9 Å². The second-order valence-electron chi connectivity index (χ2n) is 9.30. The summed E-state index contributed by atoms with van der Waals surface area (Å²) in [5, 5.41) is 0.870. The van der Waals surface area contributed by atoms with E-state index in [1.807, 2.05) is 27.7 Å². The Kier molecular flexibility index (Phi) is 13.1. The molecule has 0 aliphatic carbocycles. The van der Waals surface area contributed by atoms with Crippen molar-refractivity contribution in [3.8, 4) is 23.0 Å². The van der Waals surface area contributed by atoms with Gasteiger partial charge in [0.1, 0.15) is 23.0 Å². The zero-order valence-corrected chi connectivity index (χ0v) is 26.5. The summed E-state index contributed by atoms with van der Waals surface area (Å²) in [7, 11) is 0. The van der Waals surface area contributed by atoms with Gasteiger partial charge in [-0.1, -0.05) is 53.0 Å². The van der Waals surface area contributed by atoms with Crippen molar-refractivity contribution in [2.75, 3.05) is 0 Å². The van der Waals surface area contributed by atoms with E-state index in [0.29, 0.717) is 10.8 Å². The monoisotopic (exact) mass is 640 g/mol. The average Bonchev–Trinajstić information content (AvgIpc) is 3.03. The van der Waals surface area contributed by atoms with Gasteiger partial charge in [-0.25, -0.2) is 9.59 Å². The number of carbonyl (C=O) groups excluding carboxylic acids is 2. The first-order valence-corrected chi connectivity index (χ1v) is 14.4. The number of rotatable bonds is 10. The third-order valence-corrected chi connectivity index (χ3v) is 5.77. The van der Waals surface area contributed by atoms with Crippen molar-refractivity contribution in [3.63, 3.8) is 0 Å². The molecule has 0 aliphatic heterocycles. The average molecular weight is 641 g/mol. The van der Waals surface area contributed by atoms with Crippen LogP contribution in [0.15, 0.2) is 109 Å². The molecule has 244 valence electrons. The maximum Gasteiger partial charge on any atom is 0.426 e. The van der Waals surface area contributed by atoms with Crippen molar-refractivity contribution < 1.29 is 46.1 Å². The summed E-state index contributed by atoms with van der Waals surface area (Å²) < 4.78 is 79.1. The summed E-state index contributed by atoms with van der Waals surface area (Å²) in [6, 6.07) is 17.1. The van der Waals surface area contributed by atoms with Gasteiger partial charge in [0.2, 0.25) is 0 Å². The first-order valence-electron chi connectivity index (χ1n) is 14.4. The van der Waals surface area contributed by atoms with Crippen molar-refractivity contribution in [3.05, 3.63) is 120 Å². The molecule has 0 saturated carbocycles. The summed E-state index contributed by atoms with van der Waals surface area (Å²) in [4.78, 5) is 23.2. The quantitative estimate of drug-likeness (QED) is 0.0744. The summed E-state index contributed by atoms with van der Waals surface area (Å²) >= 11 is 0. The van der Waals surface area contributed by atoms with Crippen LogP contribution in [0.4, 0.5) is 17.6 Å². The topological polar surface area (TPSA) is 71.1 Å². The Morgan fingerprint density at radius 2 is 0.804 bits per heavy atom. The zero-order chi connectivity index (χ0) is 34.7. The van der Waals surface area contributed by atoms with Gasteiger partial charge in [-0.2, -0.15) is 17.6 Å². The fourth-order valence-electron chi connectivity index (χ4n) is 3.57. The van der Waals surface area contributed by atoms with Gasteiger partial charge in [-0.15, -0.1) is 0 Å². The number of benzene rings is 4. The van der Waals surface area contributed by atoms with Crippen LogP contribution in [0.2, 0.25) is 0 Å². The van der Waals surface area contributed by atoms with Gasteiger partial charge in [0.25, 0.3) is 0 Å². The Labute approximate surface area is 265 Å². The van der Waals surface area contributed by atoms with Crippen molar-refractivity contribution in [2.24, 2.45) is 0 Å². The van der Waals surface area contributed by atoms with Crippen molar-refractivity contribution >= 4 is 22.7 Å². The van der Waals surface area contributed by atoms with E-state index >= 15 is 0 Å². The van der Waals surface area contributed by atoms with Gasteiger partial charge in [0, 0.05) is 11.1 Å². The van der Waals surface area contributed by atoms with E-state index in [1.54, 1.807) is 0 Å². The molecule has 0 N–H and O–H groups in total. The van der Waals surface area contributed by atoms with Crippen LogP contribution in [0, 0.1) is 0 Å². The molecule has 0 radical (unpaired) electrons. The number of alkyl halides is 4. The molecule has 46 heavy (non-hydrogen) atoms. The van der Waals surface area contributed by atoms with E-state index < -0.39 is 35.3 Å². The molecule has 4 rings (SSSR count). The highest BCUT2D eigenvalue weighted by molar-refractivity contribution is 5.89. The van der Waals surface area contributed by atoms with Crippen molar-refractivity contribution in [1.82, 2.24) is 0 Å². The van der Waals surface area contributed by atoms with E-state index in [1.165, 1.54) is 74.5 Å². The number of halogens is 4. The molecule has 0 amide bonds. The minimum atomic E-state index is -3.73. The molecule has 0 aromatic heterocycles. The lowest BCUT2D eigenvalue weighted by Gasteiger charge is -2.20. The van der Waals surface area contributed by atoms with E-state index in [2.05, 4.69) is 13.2 Å². The highest BCUT2D eigenvalue weighted by Gasteiger charge is 2.36. The molecular weight excluding hydrogens is 604 g/mol. The summed E-state index contributed by atoms with van der Waals surface area (Å²) in [5.41, 5.74) is -0.644. The van der Waals surface area contributed by atoms with Crippen molar-refractivity contribution in [2.45, 2.75) is 53.8 Å². The van der Waals surface area contributed by atoms with E-state index in [0.717, 1.165) is 24.3 Å². The Morgan fingerprint density at radius 1 is 0.522 bits per heavy atom. The minimum absolute atomic E-state index is 0.0676. The van der Waals surface area contributed by atoms with Crippen LogP contribution in [-0.4, -0.2) is 11.9 Å². The Hall–Kier alpha value is -5.12. The molecule has 4 aromatic carbocycles. The molecule has 4 aromatic rings. The Bertz CT molecular complexity index is 1540. The molecule has 6 nitrogen and oxygen atoms in total. The molecule has 0 spiro atoms. The molecule has 0 aliphatic rings. The van der Waals surface area contributed by atoms with Gasteiger partial charge in [0.15, 0.2) is 0 Å². The number of fused-ring (bicyclic) bond motifs is 1. The fraction of sp³-hybridized carbons (Fsp3) is 0.222. The smallest absolute Gasteiger partial charge is 0.426 e. The SMILES string of the molecule is C=C(C)C(=O)Oc1ccc(C(F)(F)Oc2ccc3cc(OC(F)(F)c4ccc(OC(=O)C(=C)C)cc4)ccc3c2)cc1.CC.CC. The van der Waals surface area contributed by atoms with Crippen LogP contribution in [-0.2, 0) is 21.8 Å². The summed E-state index contributed by atoms with van der Waals surface area (Å²) in [6.45, 7) is 17.8. The van der Waals surface area contributed by atoms with E-state index in [-0.39, 0.29) is 34.1 Å². The lowest BCUT2D eigenvalue weighted by atomic mass is 10.1. The molecule has 10 heteroatoms. The number of ether oxygens (including phenoxy) is 4. The van der Waals surface area contributed by atoms with Crippen molar-refractivity contribution in [1.29, 1.82) is 0 Å². The lowest BCUT2D eigenvalue weighted by molar-refractivity contribution is -0.186. The third kappa shape index (κ3) is 9.95. The Morgan fingerprint density at radius 3 is 1.09 bits per heavy atom. The predicted octanol–water partition coefficient (Wildman–Crippen LogP) is 10.1. The lowest BCUT2D eigenvalue weighted by Crippen LogP contribution is -2.22. The predicted molar refractivity (Wildman–Crippen MR) is 169 cm³/mol. The third-order valence-electron chi connectivity index (χ3n) is 5.77. The molecule has 0 heterocycles. The van der Waals surface area contributed by atoms with Crippen LogP contribution in [0.1, 0.15) is 52.7 Å². The first-order chi connectivity index (χ1) is 21.7. The number of hydrogen-bond donors (Lipinski definition) is 0. The Balaban J connectivity index is 0.00000177. The molecule has 0 unspecified atom stereocenters. The maximum absolute atomic E-state index is 14.8.